The highest BCUT2D eigenvalue weighted by Crippen LogP contribution is 2.37. The monoisotopic (exact) mass is 427 g/mol. The first-order valence-corrected chi connectivity index (χ1v) is 9.00. The van der Waals surface area contributed by atoms with Crippen LogP contribution in [0.15, 0.2) is 63.7 Å². The van der Waals surface area contributed by atoms with E-state index in [1.807, 2.05) is 6.07 Å². The summed E-state index contributed by atoms with van der Waals surface area (Å²) in [5, 5.41) is 2.73. The lowest BCUT2D eigenvalue weighted by Crippen LogP contribution is -2.19. The van der Waals surface area contributed by atoms with Gasteiger partial charge in [-0.25, -0.2) is 0 Å². The first-order valence-electron chi connectivity index (χ1n) is 8.20. The number of benzene rings is 2. The molecule has 1 aliphatic rings. The Labute approximate surface area is 163 Å². The van der Waals surface area contributed by atoms with Crippen LogP contribution in [0.25, 0.3) is 0 Å². The lowest BCUT2D eigenvalue weighted by molar-refractivity contribution is 0.0996. The van der Waals surface area contributed by atoms with E-state index in [4.69, 9.17) is 13.9 Å². The van der Waals surface area contributed by atoms with Gasteiger partial charge in [-0.1, -0.05) is 28.1 Å². The van der Waals surface area contributed by atoms with Crippen LogP contribution >= 0.6 is 15.9 Å². The van der Waals surface area contributed by atoms with Crippen LogP contribution in [-0.4, -0.2) is 24.9 Å². The summed E-state index contributed by atoms with van der Waals surface area (Å²) in [6, 6.07) is 13.4. The van der Waals surface area contributed by atoms with Crippen LogP contribution in [0.3, 0.4) is 0 Å². The lowest BCUT2D eigenvalue weighted by atomic mass is 10.0. The van der Waals surface area contributed by atoms with Crippen LogP contribution in [0.1, 0.15) is 26.5 Å². The predicted molar refractivity (Wildman–Crippen MR) is 102 cm³/mol. The van der Waals surface area contributed by atoms with Gasteiger partial charge < -0.3 is 19.2 Å². The van der Waals surface area contributed by atoms with Crippen LogP contribution in [0.2, 0.25) is 0 Å². The summed E-state index contributed by atoms with van der Waals surface area (Å²) in [7, 11) is 0. The molecule has 27 heavy (non-hydrogen) atoms. The fourth-order valence-corrected chi connectivity index (χ4v) is 3.16. The van der Waals surface area contributed by atoms with Gasteiger partial charge in [0.2, 0.25) is 0 Å². The summed E-state index contributed by atoms with van der Waals surface area (Å²) in [6.45, 7) is 0.799. The number of anilines is 1. The highest BCUT2D eigenvalue weighted by atomic mass is 79.9. The van der Waals surface area contributed by atoms with E-state index < -0.39 is 5.91 Å². The van der Waals surface area contributed by atoms with Crippen molar-refractivity contribution in [2.75, 3.05) is 18.5 Å². The van der Waals surface area contributed by atoms with Crippen molar-refractivity contribution in [2.24, 2.45) is 0 Å². The second-order valence-electron chi connectivity index (χ2n) is 5.81. The molecule has 0 saturated heterocycles. The third-order valence-electron chi connectivity index (χ3n) is 4.01. The minimum atomic E-state index is -0.458. The van der Waals surface area contributed by atoms with E-state index >= 15 is 0 Å². The lowest BCUT2D eigenvalue weighted by Gasteiger charge is -2.21. The van der Waals surface area contributed by atoms with Gasteiger partial charge >= 0.3 is 0 Å². The number of carbonyl (C=O) groups is 2. The molecule has 1 aromatic heterocycles. The topological polar surface area (TPSA) is 77.8 Å². The van der Waals surface area contributed by atoms with Gasteiger partial charge in [0, 0.05) is 16.1 Å². The molecule has 3 aromatic rings. The molecule has 0 aliphatic carbocycles. The number of fused-ring (bicyclic) bond motifs is 1. The number of hydrogen-bond donors (Lipinski definition) is 1. The minimum absolute atomic E-state index is 0.144. The molecule has 0 spiro atoms. The van der Waals surface area contributed by atoms with E-state index in [2.05, 4.69) is 21.2 Å². The van der Waals surface area contributed by atoms with Crippen molar-refractivity contribution in [2.45, 2.75) is 0 Å². The average Bonchev–Trinajstić information content (AvgIpc) is 3.22. The minimum Gasteiger partial charge on any atom is -0.486 e. The smallest absolute Gasteiger partial charge is 0.291 e. The molecule has 1 aliphatic heterocycles. The van der Waals surface area contributed by atoms with Gasteiger partial charge in [-0.2, -0.15) is 0 Å². The molecule has 1 amide bonds. The summed E-state index contributed by atoms with van der Waals surface area (Å²) >= 11 is 3.37. The second-order valence-corrected chi connectivity index (χ2v) is 6.73. The van der Waals surface area contributed by atoms with E-state index in [9.17, 15) is 9.59 Å². The summed E-state index contributed by atoms with van der Waals surface area (Å²) < 4.78 is 17.1. The Morgan fingerprint density at radius 3 is 2.44 bits per heavy atom. The van der Waals surface area contributed by atoms with Crippen molar-refractivity contribution in [3.05, 3.63) is 76.2 Å². The van der Waals surface area contributed by atoms with Gasteiger partial charge in [0.15, 0.2) is 23.0 Å². The van der Waals surface area contributed by atoms with Crippen molar-refractivity contribution in [3.63, 3.8) is 0 Å². The van der Waals surface area contributed by atoms with E-state index in [-0.39, 0.29) is 11.5 Å². The number of rotatable bonds is 4. The quantitative estimate of drug-likeness (QED) is 0.628. The third kappa shape index (κ3) is 3.59. The Kier molecular flexibility index (Phi) is 4.68. The highest BCUT2D eigenvalue weighted by molar-refractivity contribution is 9.10. The van der Waals surface area contributed by atoms with Gasteiger partial charge in [-0.3, -0.25) is 9.59 Å². The van der Waals surface area contributed by atoms with Crippen molar-refractivity contribution in [1.29, 1.82) is 0 Å². The third-order valence-corrected chi connectivity index (χ3v) is 4.50. The Morgan fingerprint density at radius 2 is 1.74 bits per heavy atom. The molecule has 2 heterocycles. The summed E-state index contributed by atoms with van der Waals surface area (Å²) in [5.41, 5.74) is 1.11. The molecule has 4 rings (SSSR count). The van der Waals surface area contributed by atoms with Crippen LogP contribution < -0.4 is 14.8 Å². The number of hydrogen-bond acceptors (Lipinski definition) is 5. The molecule has 0 unspecified atom stereocenters. The van der Waals surface area contributed by atoms with Gasteiger partial charge in [0.25, 0.3) is 5.91 Å². The molecular weight excluding hydrogens is 414 g/mol. The fraction of sp³-hybridized carbons (Fsp3) is 0.100. The number of ketones is 1. The number of nitrogens with one attached hydrogen (secondary N) is 1. The van der Waals surface area contributed by atoms with Gasteiger partial charge in [0.05, 0.1) is 17.5 Å². The maximum Gasteiger partial charge on any atom is 0.291 e. The number of ether oxygens (including phenoxy) is 2. The molecule has 1 N–H and O–H groups in total. The molecule has 7 heteroatoms. The molecule has 136 valence electrons. The Bertz CT molecular complexity index is 1010. The van der Waals surface area contributed by atoms with E-state index in [1.165, 1.54) is 6.26 Å². The molecule has 0 radical (unpaired) electrons. The van der Waals surface area contributed by atoms with Crippen LogP contribution in [0.4, 0.5) is 5.69 Å². The number of amides is 1. The van der Waals surface area contributed by atoms with E-state index in [0.29, 0.717) is 41.5 Å². The molecule has 2 aromatic carbocycles. The zero-order valence-electron chi connectivity index (χ0n) is 14.0. The van der Waals surface area contributed by atoms with Crippen LogP contribution in [0, 0.1) is 0 Å². The SMILES string of the molecule is O=C(Nc1cc2c(cc1C(=O)c1cccc(Br)c1)OCCO2)c1ccco1. The number of carbonyl (C=O) groups excluding carboxylic acids is 2. The molecule has 0 atom stereocenters. The first kappa shape index (κ1) is 17.4. The zero-order chi connectivity index (χ0) is 18.8. The summed E-state index contributed by atoms with van der Waals surface area (Å²) in [5.74, 6) is 0.381. The van der Waals surface area contributed by atoms with Crippen LogP contribution in [-0.2, 0) is 0 Å². The van der Waals surface area contributed by atoms with Crippen molar-refractivity contribution < 1.29 is 23.5 Å². The maximum absolute atomic E-state index is 13.1. The standard InChI is InChI=1S/C20H14BrNO5/c21-13-4-1-3-12(9-13)19(23)14-10-17-18(27-8-7-26-17)11-15(14)22-20(24)16-5-2-6-25-16/h1-6,9-11H,7-8H2,(H,22,24). The van der Waals surface area contributed by atoms with Crippen molar-refractivity contribution in [3.8, 4) is 11.5 Å². The number of furan rings is 1. The first-order chi connectivity index (χ1) is 13.1. The Hall–Kier alpha value is -3.06. The molecule has 0 bridgehead atoms. The van der Waals surface area contributed by atoms with Crippen LogP contribution in [0.5, 0.6) is 11.5 Å². The van der Waals surface area contributed by atoms with Gasteiger partial charge in [0.1, 0.15) is 13.2 Å². The largest absolute Gasteiger partial charge is 0.486 e. The summed E-state index contributed by atoms with van der Waals surface area (Å²) in [6.07, 6.45) is 1.41. The van der Waals surface area contributed by atoms with Crippen molar-refractivity contribution >= 4 is 33.3 Å². The van der Waals surface area contributed by atoms with Crippen molar-refractivity contribution in [1.82, 2.24) is 0 Å². The molecular formula is C20H14BrNO5. The predicted octanol–water partition coefficient (Wildman–Crippen LogP) is 4.30. The fourth-order valence-electron chi connectivity index (χ4n) is 2.76. The van der Waals surface area contributed by atoms with Gasteiger partial charge in [-0.05, 0) is 30.3 Å². The molecule has 0 fully saturated rings. The molecule has 6 nitrogen and oxygen atoms in total. The second kappa shape index (κ2) is 7.28. The van der Waals surface area contributed by atoms with E-state index in [1.54, 1.807) is 42.5 Å². The Balaban J connectivity index is 1.76. The highest BCUT2D eigenvalue weighted by Gasteiger charge is 2.23. The molecule has 0 saturated carbocycles. The number of halogens is 1. The zero-order valence-corrected chi connectivity index (χ0v) is 15.6. The summed E-state index contributed by atoms with van der Waals surface area (Å²) in [4.78, 5) is 25.5. The normalized spacial score (nSPS) is 12.5. The Morgan fingerprint density at radius 1 is 0.963 bits per heavy atom. The van der Waals surface area contributed by atoms with E-state index in [0.717, 1.165) is 4.47 Å². The van der Waals surface area contributed by atoms with Gasteiger partial charge in [-0.15, -0.1) is 0 Å². The average molecular weight is 428 g/mol. The maximum atomic E-state index is 13.1.